The SMILES string of the molecule is COc1nc(Cl)nc2c1ncn2[C@H]1C[C@@H](O)[C@@H](CO)O1. The molecule has 1 aliphatic rings. The van der Waals surface area contributed by atoms with Gasteiger partial charge in [-0.3, -0.25) is 4.57 Å². The standard InChI is InChI=1S/C11H13ClN4O4/c1-19-10-8-9(14-11(12)15-10)16(4-13-8)7-2-5(18)6(3-17)20-7/h4-7,17-18H,2-3H2,1H3/t5-,6-,7-/m1/s1. The molecule has 3 rings (SSSR count). The van der Waals surface area contributed by atoms with Crippen molar-refractivity contribution in [1.29, 1.82) is 0 Å². The first-order valence-corrected chi connectivity index (χ1v) is 6.40. The van der Waals surface area contributed by atoms with Gasteiger partial charge in [0.25, 0.3) is 0 Å². The lowest BCUT2D eigenvalue weighted by Crippen LogP contribution is -2.24. The van der Waals surface area contributed by atoms with Gasteiger partial charge in [0.15, 0.2) is 11.2 Å². The average Bonchev–Trinajstić information content (AvgIpc) is 3.00. The summed E-state index contributed by atoms with van der Waals surface area (Å²) in [5, 5.41) is 18.9. The molecule has 8 nitrogen and oxygen atoms in total. The highest BCUT2D eigenvalue weighted by atomic mass is 35.5. The predicted molar refractivity (Wildman–Crippen MR) is 68.5 cm³/mol. The zero-order valence-corrected chi connectivity index (χ0v) is 11.4. The molecule has 0 aliphatic carbocycles. The number of methoxy groups -OCH3 is 1. The molecular weight excluding hydrogens is 288 g/mol. The van der Waals surface area contributed by atoms with Crippen LogP contribution < -0.4 is 4.74 Å². The molecule has 1 saturated heterocycles. The summed E-state index contributed by atoms with van der Waals surface area (Å²) in [5.41, 5.74) is 0.917. The van der Waals surface area contributed by atoms with Gasteiger partial charge in [0.05, 0.1) is 26.1 Å². The molecule has 0 radical (unpaired) electrons. The summed E-state index contributed by atoms with van der Waals surface area (Å²) >= 11 is 5.85. The van der Waals surface area contributed by atoms with Crippen LogP contribution in [0.4, 0.5) is 0 Å². The normalized spacial score (nSPS) is 26.3. The Morgan fingerprint density at radius 1 is 1.55 bits per heavy atom. The summed E-state index contributed by atoms with van der Waals surface area (Å²) in [6, 6.07) is 0. The van der Waals surface area contributed by atoms with Crippen molar-refractivity contribution in [2.75, 3.05) is 13.7 Å². The van der Waals surface area contributed by atoms with Crippen LogP contribution in [-0.2, 0) is 4.74 Å². The number of fused-ring (bicyclic) bond motifs is 1. The largest absolute Gasteiger partial charge is 0.479 e. The van der Waals surface area contributed by atoms with E-state index in [1.807, 2.05) is 0 Å². The number of aliphatic hydroxyl groups is 2. The Bertz CT molecular complexity index is 634. The minimum atomic E-state index is -0.735. The molecule has 1 fully saturated rings. The van der Waals surface area contributed by atoms with Gasteiger partial charge in [-0.1, -0.05) is 0 Å². The number of aliphatic hydroxyl groups excluding tert-OH is 2. The van der Waals surface area contributed by atoms with Gasteiger partial charge in [-0.05, 0) is 11.6 Å². The van der Waals surface area contributed by atoms with Crippen LogP contribution in [0, 0.1) is 0 Å². The molecule has 2 aromatic rings. The first kappa shape index (κ1) is 13.5. The quantitative estimate of drug-likeness (QED) is 0.777. The molecule has 0 aromatic carbocycles. The highest BCUT2D eigenvalue weighted by Crippen LogP contribution is 2.32. The number of ether oxygens (including phenoxy) is 2. The number of aromatic nitrogens is 4. The maximum absolute atomic E-state index is 9.78. The van der Waals surface area contributed by atoms with E-state index in [4.69, 9.17) is 26.2 Å². The lowest BCUT2D eigenvalue weighted by Gasteiger charge is -2.13. The van der Waals surface area contributed by atoms with Crippen LogP contribution in [0.2, 0.25) is 5.28 Å². The van der Waals surface area contributed by atoms with Crippen LogP contribution in [-0.4, -0.2) is 55.7 Å². The molecule has 1 aliphatic heterocycles. The molecule has 0 saturated carbocycles. The van der Waals surface area contributed by atoms with Crippen LogP contribution in [0.5, 0.6) is 5.88 Å². The van der Waals surface area contributed by atoms with Crippen molar-refractivity contribution in [3.8, 4) is 5.88 Å². The first-order chi connectivity index (χ1) is 9.63. The van der Waals surface area contributed by atoms with Gasteiger partial charge in [-0.2, -0.15) is 9.97 Å². The van der Waals surface area contributed by atoms with Crippen molar-refractivity contribution in [1.82, 2.24) is 19.5 Å². The second-order valence-electron chi connectivity index (χ2n) is 4.44. The lowest BCUT2D eigenvalue weighted by molar-refractivity contribution is -0.0432. The van der Waals surface area contributed by atoms with Gasteiger partial charge in [0, 0.05) is 6.42 Å². The van der Waals surface area contributed by atoms with E-state index >= 15 is 0 Å². The third kappa shape index (κ3) is 2.10. The van der Waals surface area contributed by atoms with E-state index in [1.165, 1.54) is 13.4 Å². The number of hydrogen-bond donors (Lipinski definition) is 2. The second-order valence-corrected chi connectivity index (χ2v) is 4.78. The first-order valence-electron chi connectivity index (χ1n) is 6.02. The third-order valence-electron chi connectivity index (χ3n) is 3.25. The summed E-state index contributed by atoms with van der Waals surface area (Å²) in [7, 11) is 1.47. The molecule has 3 atom stereocenters. The van der Waals surface area contributed by atoms with Gasteiger partial charge >= 0.3 is 0 Å². The molecule has 3 heterocycles. The predicted octanol–water partition coefficient (Wildman–Crippen LogP) is 0.129. The van der Waals surface area contributed by atoms with Crippen LogP contribution >= 0.6 is 11.6 Å². The maximum atomic E-state index is 9.78. The molecular formula is C11H13ClN4O4. The van der Waals surface area contributed by atoms with Crippen molar-refractivity contribution in [2.24, 2.45) is 0 Å². The average molecular weight is 301 g/mol. The minimum absolute atomic E-state index is 0.0355. The van der Waals surface area contributed by atoms with Gasteiger partial charge in [0.2, 0.25) is 11.2 Å². The van der Waals surface area contributed by atoms with Crippen LogP contribution in [0.25, 0.3) is 11.2 Å². The zero-order chi connectivity index (χ0) is 14.3. The molecule has 108 valence electrons. The summed E-state index contributed by atoms with van der Waals surface area (Å²) < 4.78 is 12.3. The van der Waals surface area contributed by atoms with Crippen molar-refractivity contribution in [3.05, 3.63) is 11.6 Å². The Labute approximate surface area is 118 Å². The smallest absolute Gasteiger partial charge is 0.246 e. The molecule has 0 unspecified atom stereocenters. The van der Waals surface area contributed by atoms with Crippen LogP contribution in [0.15, 0.2) is 6.33 Å². The minimum Gasteiger partial charge on any atom is -0.479 e. The number of nitrogens with zero attached hydrogens (tertiary/aromatic N) is 4. The van der Waals surface area contributed by atoms with E-state index in [0.29, 0.717) is 17.6 Å². The summed E-state index contributed by atoms with van der Waals surface area (Å²) in [6.45, 7) is -0.247. The van der Waals surface area contributed by atoms with E-state index in [1.54, 1.807) is 4.57 Å². The fraction of sp³-hybridized carbons (Fsp3) is 0.545. The summed E-state index contributed by atoms with van der Waals surface area (Å²) in [6.07, 6.45) is 0.0387. The fourth-order valence-electron chi connectivity index (χ4n) is 2.27. The van der Waals surface area contributed by atoms with E-state index in [2.05, 4.69) is 15.0 Å². The Balaban J connectivity index is 2.03. The van der Waals surface area contributed by atoms with E-state index < -0.39 is 18.4 Å². The third-order valence-corrected chi connectivity index (χ3v) is 3.42. The number of imidazole rings is 1. The summed E-state index contributed by atoms with van der Waals surface area (Å²) in [4.78, 5) is 12.2. The van der Waals surface area contributed by atoms with Gasteiger partial charge in [-0.25, -0.2) is 4.98 Å². The highest BCUT2D eigenvalue weighted by molar-refractivity contribution is 6.28. The number of hydrogen-bond acceptors (Lipinski definition) is 7. The van der Waals surface area contributed by atoms with Gasteiger partial charge in [0.1, 0.15) is 12.3 Å². The molecule has 9 heteroatoms. The number of rotatable bonds is 3. The monoisotopic (exact) mass is 300 g/mol. The highest BCUT2D eigenvalue weighted by Gasteiger charge is 2.35. The Hall–Kier alpha value is -1.48. The van der Waals surface area contributed by atoms with Gasteiger partial charge < -0.3 is 19.7 Å². The second kappa shape index (κ2) is 5.13. The topological polar surface area (TPSA) is 103 Å². The molecule has 0 amide bonds. The maximum Gasteiger partial charge on any atom is 0.246 e. The Morgan fingerprint density at radius 2 is 2.35 bits per heavy atom. The Kier molecular flexibility index (Phi) is 3.47. The summed E-state index contributed by atoms with van der Waals surface area (Å²) in [5.74, 6) is 0.274. The number of halogens is 1. The van der Waals surface area contributed by atoms with Crippen molar-refractivity contribution < 1.29 is 19.7 Å². The molecule has 20 heavy (non-hydrogen) atoms. The van der Waals surface area contributed by atoms with Crippen molar-refractivity contribution in [3.63, 3.8) is 0 Å². The van der Waals surface area contributed by atoms with Gasteiger partial charge in [-0.15, -0.1) is 0 Å². The van der Waals surface area contributed by atoms with E-state index in [-0.39, 0.29) is 17.8 Å². The van der Waals surface area contributed by atoms with Crippen LogP contribution in [0.1, 0.15) is 12.6 Å². The van der Waals surface area contributed by atoms with Crippen molar-refractivity contribution >= 4 is 22.8 Å². The molecule has 0 spiro atoms. The van der Waals surface area contributed by atoms with Crippen molar-refractivity contribution in [2.45, 2.75) is 24.9 Å². The van der Waals surface area contributed by atoms with E-state index in [9.17, 15) is 5.11 Å². The Morgan fingerprint density at radius 3 is 3.00 bits per heavy atom. The molecule has 2 aromatic heterocycles. The molecule has 2 N–H and O–H groups in total. The zero-order valence-electron chi connectivity index (χ0n) is 10.6. The van der Waals surface area contributed by atoms with Crippen LogP contribution in [0.3, 0.4) is 0 Å². The van der Waals surface area contributed by atoms with E-state index in [0.717, 1.165) is 0 Å². The molecule has 0 bridgehead atoms. The lowest BCUT2D eigenvalue weighted by atomic mass is 10.2. The fourth-order valence-corrected chi connectivity index (χ4v) is 2.43.